The minimum absolute atomic E-state index is 0.0535. The van der Waals surface area contributed by atoms with Crippen LogP contribution in [0.4, 0.5) is 0 Å². The second kappa shape index (κ2) is 7.89. The first kappa shape index (κ1) is 16.7. The molecular formula is C10H21ClN2O3S. The Morgan fingerprint density at radius 3 is 2.35 bits per heavy atom. The predicted molar refractivity (Wildman–Crippen MR) is 69.6 cm³/mol. The summed E-state index contributed by atoms with van der Waals surface area (Å²) < 4.78 is 25.7. The highest BCUT2D eigenvalue weighted by Gasteiger charge is 2.23. The summed E-state index contributed by atoms with van der Waals surface area (Å²) >= 11 is 5.45. The van der Waals surface area contributed by atoms with Crippen LogP contribution >= 0.6 is 11.6 Å². The van der Waals surface area contributed by atoms with Gasteiger partial charge in [-0.15, -0.1) is 11.6 Å². The molecule has 0 aromatic heterocycles. The van der Waals surface area contributed by atoms with Crippen molar-refractivity contribution in [1.82, 2.24) is 10.0 Å². The molecule has 0 aromatic rings. The number of alkyl halides is 1. The van der Waals surface area contributed by atoms with Crippen LogP contribution in [-0.2, 0) is 14.8 Å². The largest absolute Gasteiger partial charge is 0.358 e. The topological polar surface area (TPSA) is 75.3 Å². The highest BCUT2D eigenvalue weighted by molar-refractivity contribution is 7.89. The Labute approximate surface area is 108 Å². The average molecular weight is 285 g/mol. The molecule has 1 atom stereocenters. The maximum Gasteiger partial charge on any atom is 0.237 e. The summed E-state index contributed by atoms with van der Waals surface area (Å²) in [5.74, 6) is 0.152. The monoisotopic (exact) mass is 284 g/mol. The van der Waals surface area contributed by atoms with E-state index in [1.54, 1.807) is 0 Å². The summed E-state index contributed by atoms with van der Waals surface area (Å²) in [6, 6.07) is -0.708. The van der Waals surface area contributed by atoms with E-state index in [2.05, 4.69) is 10.0 Å². The molecule has 5 nitrogen and oxygen atoms in total. The first-order valence-corrected chi connectivity index (χ1v) is 7.78. The molecule has 0 saturated carbocycles. The van der Waals surface area contributed by atoms with Gasteiger partial charge in [-0.2, -0.15) is 0 Å². The molecule has 0 aliphatic heterocycles. The van der Waals surface area contributed by atoms with Gasteiger partial charge in [0.05, 0.1) is 5.75 Å². The summed E-state index contributed by atoms with van der Waals surface area (Å²) in [7, 11) is -1.95. The molecule has 7 heteroatoms. The molecule has 1 amide bonds. The maximum atomic E-state index is 11.7. The Kier molecular flexibility index (Phi) is 7.74. The van der Waals surface area contributed by atoms with E-state index in [0.717, 1.165) is 0 Å². The summed E-state index contributed by atoms with van der Waals surface area (Å²) in [4.78, 5) is 11.5. The van der Waals surface area contributed by atoms with Crippen molar-refractivity contribution in [2.45, 2.75) is 32.7 Å². The van der Waals surface area contributed by atoms with Crippen LogP contribution < -0.4 is 10.0 Å². The smallest absolute Gasteiger partial charge is 0.237 e. The zero-order valence-electron chi connectivity index (χ0n) is 10.5. The zero-order chi connectivity index (χ0) is 13.5. The Balaban J connectivity index is 4.57. The molecule has 17 heavy (non-hydrogen) atoms. The highest BCUT2D eigenvalue weighted by Crippen LogP contribution is 2.07. The van der Waals surface area contributed by atoms with E-state index in [-0.39, 0.29) is 23.5 Å². The quantitative estimate of drug-likeness (QED) is 0.644. The molecule has 0 saturated heterocycles. The standard InChI is InChI=1S/C10H21ClN2O3S/c1-8(2)7-9(10(14)12-3)13-17(15,16)6-4-5-11/h8-9,13H,4-7H2,1-3H3,(H,12,14). The van der Waals surface area contributed by atoms with Crippen LogP contribution in [0.5, 0.6) is 0 Å². The Morgan fingerprint density at radius 2 is 1.94 bits per heavy atom. The molecule has 0 radical (unpaired) electrons. The van der Waals surface area contributed by atoms with Gasteiger partial charge in [-0.1, -0.05) is 13.8 Å². The second-order valence-electron chi connectivity index (χ2n) is 4.28. The summed E-state index contributed by atoms with van der Waals surface area (Å²) in [6.07, 6.45) is 0.846. The SMILES string of the molecule is CNC(=O)C(CC(C)C)NS(=O)(=O)CCCCl. The van der Waals surface area contributed by atoms with E-state index in [1.807, 2.05) is 13.8 Å². The van der Waals surface area contributed by atoms with Gasteiger partial charge in [-0.25, -0.2) is 13.1 Å². The van der Waals surface area contributed by atoms with Crippen molar-refractivity contribution >= 4 is 27.5 Å². The lowest BCUT2D eigenvalue weighted by molar-refractivity contribution is -0.122. The third-order valence-corrected chi connectivity index (χ3v) is 3.88. The van der Waals surface area contributed by atoms with Gasteiger partial charge in [0, 0.05) is 12.9 Å². The number of halogens is 1. The number of sulfonamides is 1. The van der Waals surface area contributed by atoms with Crippen LogP contribution in [0.15, 0.2) is 0 Å². The van der Waals surface area contributed by atoms with Crippen LogP contribution in [0.25, 0.3) is 0 Å². The van der Waals surface area contributed by atoms with Gasteiger partial charge in [-0.05, 0) is 18.8 Å². The molecule has 0 aliphatic rings. The molecule has 0 spiro atoms. The van der Waals surface area contributed by atoms with Gasteiger partial charge in [0.1, 0.15) is 6.04 Å². The molecule has 0 rings (SSSR count). The molecule has 102 valence electrons. The number of likely N-dealkylation sites (N-methyl/N-ethyl adjacent to an activating group) is 1. The number of nitrogens with one attached hydrogen (secondary N) is 2. The maximum absolute atomic E-state index is 11.7. The zero-order valence-corrected chi connectivity index (χ0v) is 12.1. The first-order valence-electron chi connectivity index (χ1n) is 5.60. The summed E-state index contributed by atoms with van der Waals surface area (Å²) in [5.41, 5.74) is 0. The minimum atomic E-state index is -3.44. The van der Waals surface area contributed by atoms with Crippen molar-refractivity contribution in [1.29, 1.82) is 0 Å². The predicted octanol–water partition coefficient (Wildman–Crippen LogP) is 0.695. The third kappa shape index (κ3) is 7.57. The Bertz CT molecular complexity index is 330. The van der Waals surface area contributed by atoms with E-state index < -0.39 is 16.1 Å². The lowest BCUT2D eigenvalue weighted by Gasteiger charge is -2.18. The Hall–Kier alpha value is -0.330. The van der Waals surface area contributed by atoms with Gasteiger partial charge in [0.15, 0.2) is 0 Å². The van der Waals surface area contributed by atoms with E-state index in [0.29, 0.717) is 12.8 Å². The van der Waals surface area contributed by atoms with E-state index in [9.17, 15) is 13.2 Å². The average Bonchev–Trinajstić information content (AvgIpc) is 2.23. The molecule has 0 aliphatic carbocycles. The lowest BCUT2D eigenvalue weighted by atomic mass is 10.0. The van der Waals surface area contributed by atoms with Crippen LogP contribution in [0.1, 0.15) is 26.7 Å². The molecular weight excluding hydrogens is 264 g/mol. The van der Waals surface area contributed by atoms with Crippen LogP contribution in [0, 0.1) is 5.92 Å². The molecule has 2 N–H and O–H groups in total. The van der Waals surface area contributed by atoms with Gasteiger partial charge >= 0.3 is 0 Å². The molecule has 0 fully saturated rings. The van der Waals surface area contributed by atoms with Crippen molar-refractivity contribution in [2.75, 3.05) is 18.7 Å². The van der Waals surface area contributed by atoms with Crippen molar-refractivity contribution < 1.29 is 13.2 Å². The fourth-order valence-corrected chi connectivity index (χ4v) is 2.95. The number of hydrogen-bond donors (Lipinski definition) is 2. The molecule has 0 aromatic carbocycles. The number of rotatable bonds is 8. The van der Waals surface area contributed by atoms with Crippen LogP contribution in [0.3, 0.4) is 0 Å². The third-order valence-electron chi connectivity index (χ3n) is 2.14. The van der Waals surface area contributed by atoms with E-state index in [4.69, 9.17) is 11.6 Å². The first-order chi connectivity index (χ1) is 7.82. The van der Waals surface area contributed by atoms with Crippen molar-refractivity contribution in [3.05, 3.63) is 0 Å². The van der Waals surface area contributed by atoms with Crippen molar-refractivity contribution in [3.63, 3.8) is 0 Å². The molecule has 0 heterocycles. The molecule has 0 bridgehead atoms. The van der Waals surface area contributed by atoms with Gasteiger partial charge in [-0.3, -0.25) is 4.79 Å². The number of amides is 1. The van der Waals surface area contributed by atoms with Gasteiger partial charge in [0.25, 0.3) is 0 Å². The van der Waals surface area contributed by atoms with Crippen molar-refractivity contribution in [2.24, 2.45) is 5.92 Å². The van der Waals surface area contributed by atoms with E-state index in [1.165, 1.54) is 7.05 Å². The Morgan fingerprint density at radius 1 is 1.35 bits per heavy atom. The molecule has 1 unspecified atom stereocenters. The minimum Gasteiger partial charge on any atom is -0.358 e. The van der Waals surface area contributed by atoms with E-state index >= 15 is 0 Å². The highest BCUT2D eigenvalue weighted by atomic mass is 35.5. The normalized spacial score (nSPS) is 13.7. The fourth-order valence-electron chi connectivity index (χ4n) is 1.37. The summed E-state index contributed by atoms with van der Waals surface area (Å²) in [5, 5.41) is 2.46. The van der Waals surface area contributed by atoms with Gasteiger partial charge < -0.3 is 5.32 Å². The second-order valence-corrected chi connectivity index (χ2v) is 6.53. The summed E-state index contributed by atoms with van der Waals surface area (Å²) in [6.45, 7) is 3.87. The van der Waals surface area contributed by atoms with Crippen LogP contribution in [-0.4, -0.2) is 39.0 Å². The van der Waals surface area contributed by atoms with Crippen molar-refractivity contribution in [3.8, 4) is 0 Å². The number of hydrogen-bond acceptors (Lipinski definition) is 3. The number of carbonyl (C=O) groups excluding carboxylic acids is 1. The fraction of sp³-hybridized carbons (Fsp3) is 0.900. The van der Waals surface area contributed by atoms with Crippen LogP contribution in [0.2, 0.25) is 0 Å². The van der Waals surface area contributed by atoms with Gasteiger partial charge in [0.2, 0.25) is 15.9 Å². The lowest BCUT2D eigenvalue weighted by Crippen LogP contribution is -2.47. The number of carbonyl (C=O) groups is 1.